The van der Waals surface area contributed by atoms with Crippen molar-refractivity contribution in [3.8, 4) is 22.8 Å². The molecule has 1 N–H and O–H groups in total. The number of benzene rings is 1. The highest BCUT2D eigenvalue weighted by Gasteiger charge is 2.35. The van der Waals surface area contributed by atoms with Crippen LogP contribution in [0, 0.1) is 0 Å². The molecule has 0 fully saturated rings. The van der Waals surface area contributed by atoms with Gasteiger partial charge in [0.25, 0.3) is 5.56 Å². The number of nitrogens with one attached hydrogen (secondary N) is 1. The van der Waals surface area contributed by atoms with Crippen molar-refractivity contribution >= 4 is 11.0 Å². The van der Waals surface area contributed by atoms with E-state index in [0.717, 1.165) is 10.6 Å². The minimum atomic E-state index is -4.81. The van der Waals surface area contributed by atoms with Crippen molar-refractivity contribution in [1.29, 1.82) is 0 Å². The van der Waals surface area contributed by atoms with Crippen molar-refractivity contribution in [3.05, 3.63) is 50.7 Å². The predicted octanol–water partition coefficient (Wildman–Crippen LogP) is 2.52. The summed E-state index contributed by atoms with van der Waals surface area (Å²) in [6.07, 6.45) is -4.81. The second-order valence-corrected chi connectivity index (χ2v) is 5.82. The van der Waals surface area contributed by atoms with E-state index in [4.69, 9.17) is 9.47 Å². The van der Waals surface area contributed by atoms with Gasteiger partial charge in [0.15, 0.2) is 17.1 Å². The second-order valence-electron chi connectivity index (χ2n) is 5.82. The Balaban J connectivity index is 2.08. The van der Waals surface area contributed by atoms with Crippen LogP contribution in [0.5, 0.6) is 11.5 Å². The van der Waals surface area contributed by atoms with Crippen molar-refractivity contribution in [1.82, 2.24) is 14.5 Å². The molecule has 0 radical (unpaired) electrons. The van der Waals surface area contributed by atoms with E-state index >= 15 is 0 Å². The maximum atomic E-state index is 13.6. The molecule has 0 bridgehead atoms. The number of halogens is 3. The summed E-state index contributed by atoms with van der Waals surface area (Å²) in [5.41, 5.74) is -3.14. The summed E-state index contributed by atoms with van der Waals surface area (Å²) in [6, 6.07) is 5.38. The van der Waals surface area contributed by atoms with Crippen LogP contribution >= 0.6 is 0 Å². The molecule has 10 heteroatoms. The Morgan fingerprint density at radius 3 is 2.63 bits per heavy atom. The largest absolute Gasteiger partial charge is 0.454 e. The van der Waals surface area contributed by atoms with E-state index in [1.165, 1.54) is 12.1 Å². The number of hydrogen-bond donors (Lipinski definition) is 1. The van der Waals surface area contributed by atoms with Gasteiger partial charge in [-0.1, -0.05) is 0 Å². The normalized spacial score (nSPS) is 13.3. The zero-order valence-electron chi connectivity index (χ0n) is 13.9. The van der Waals surface area contributed by atoms with Crippen LogP contribution in [0.25, 0.3) is 22.3 Å². The van der Waals surface area contributed by atoms with E-state index in [1.54, 1.807) is 13.0 Å². The third kappa shape index (κ3) is 2.73. The summed E-state index contributed by atoms with van der Waals surface area (Å²) in [7, 11) is 0. The molecule has 7 nitrogen and oxygen atoms in total. The lowest BCUT2D eigenvalue weighted by Crippen LogP contribution is -2.32. The van der Waals surface area contributed by atoms with E-state index < -0.39 is 28.4 Å². The molecule has 3 aromatic rings. The Kier molecular flexibility index (Phi) is 3.72. The third-order valence-electron chi connectivity index (χ3n) is 4.24. The van der Waals surface area contributed by atoms with E-state index in [1.807, 2.05) is 4.98 Å². The van der Waals surface area contributed by atoms with Gasteiger partial charge in [-0.05, 0) is 31.2 Å². The average molecular weight is 379 g/mol. The van der Waals surface area contributed by atoms with Crippen LogP contribution in [0.4, 0.5) is 13.2 Å². The van der Waals surface area contributed by atoms with E-state index in [9.17, 15) is 22.8 Å². The highest BCUT2D eigenvalue weighted by atomic mass is 19.4. The van der Waals surface area contributed by atoms with Crippen molar-refractivity contribution < 1.29 is 22.6 Å². The number of rotatable bonds is 2. The molecule has 1 aliphatic heterocycles. The SMILES string of the molecule is CCn1c(=O)[nH]c(=O)c2c(C(F)(F)F)cc(-c3ccc4c(c3)OCO4)nc21. The monoisotopic (exact) mass is 379 g/mol. The van der Waals surface area contributed by atoms with Gasteiger partial charge < -0.3 is 9.47 Å². The number of aryl methyl sites for hydroxylation is 1. The molecular weight excluding hydrogens is 367 g/mol. The summed E-state index contributed by atoms with van der Waals surface area (Å²) in [6.45, 7) is 1.63. The maximum Gasteiger partial charge on any atom is 0.417 e. The molecule has 0 saturated carbocycles. The molecule has 0 spiro atoms. The zero-order chi connectivity index (χ0) is 19.3. The Morgan fingerprint density at radius 1 is 1.19 bits per heavy atom. The molecule has 0 aliphatic carbocycles. The first-order valence-electron chi connectivity index (χ1n) is 7.94. The zero-order valence-corrected chi connectivity index (χ0v) is 13.9. The van der Waals surface area contributed by atoms with Crippen LogP contribution in [-0.4, -0.2) is 21.3 Å². The van der Waals surface area contributed by atoms with Gasteiger partial charge in [0.2, 0.25) is 6.79 Å². The van der Waals surface area contributed by atoms with E-state index in [0.29, 0.717) is 17.1 Å². The van der Waals surface area contributed by atoms with Crippen LogP contribution in [-0.2, 0) is 12.7 Å². The average Bonchev–Trinajstić information content (AvgIpc) is 3.08. The van der Waals surface area contributed by atoms with Gasteiger partial charge in [0.1, 0.15) is 0 Å². The van der Waals surface area contributed by atoms with Gasteiger partial charge in [0.05, 0.1) is 16.6 Å². The first-order chi connectivity index (χ1) is 12.8. The van der Waals surface area contributed by atoms with Crippen molar-refractivity contribution in [2.75, 3.05) is 6.79 Å². The lowest BCUT2D eigenvalue weighted by Gasteiger charge is -2.14. The first-order valence-corrected chi connectivity index (χ1v) is 7.94. The number of aromatic nitrogens is 3. The minimum Gasteiger partial charge on any atom is -0.454 e. The number of alkyl halides is 3. The Hall–Kier alpha value is -3.30. The van der Waals surface area contributed by atoms with Crippen LogP contribution < -0.4 is 20.7 Å². The molecule has 140 valence electrons. The molecule has 2 aromatic heterocycles. The maximum absolute atomic E-state index is 13.6. The number of fused-ring (bicyclic) bond motifs is 2. The van der Waals surface area contributed by atoms with Gasteiger partial charge in [0, 0.05) is 12.1 Å². The Bertz CT molecular complexity index is 1180. The number of hydrogen-bond acceptors (Lipinski definition) is 5. The van der Waals surface area contributed by atoms with E-state index in [2.05, 4.69) is 4.98 Å². The fourth-order valence-corrected chi connectivity index (χ4v) is 2.99. The van der Waals surface area contributed by atoms with Gasteiger partial charge in [-0.3, -0.25) is 14.3 Å². The lowest BCUT2D eigenvalue weighted by atomic mass is 10.1. The fraction of sp³-hybridized carbons (Fsp3) is 0.235. The Morgan fingerprint density at radius 2 is 1.93 bits per heavy atom. The molecule has 1 aromatic carbocycles. The molecule has 4 rings (SSSR count). The van der Waals surface area contributed by atoms with Crippen molar-refractivity contribution in [2.45, 2.75) is 19.6 Å². The predicted molar refractivity (Wildman–Crippen MR) is 88.9 cm³/mol. The number of ether oxygens (including phenoxy) is 2. The summed E-state index contributed by atoms with van der Waals surface area (Å²) in [5.74, 6) is 0.847. The summed E-state index contributed by atoms with van der Waals surface area (Å²) >= 11 is 0. The van der Waals surface area contributed by atoms with Crippen LogP contribution in [0.2, 0.25) is 0 Å². The molecule has 1 aliphatic rings. The smallest absolute Gasteiger partial charge is 0.417 e. The number of pyridine rings is 1. The van der Waals surface area contributed by atoms with E-state index in [-0.39, 0.29) is 24.7 Å². The quantitative estimate of drug-likeness (QED) is 0.740. The van der Waals surface area contributed by atoms with Crippen LogP contribution in [0.3, 0.4) is 0 Å². The number of H-pyrrole nitrogens is 1. The molecule has 0 saturated heterocycles. The van der Waals surface area contributed by atoms with Crippen molar-refractivity contribution in [3.63, 3.8) is 0 Å². The first kappa shape index (κ1) is 17.1. The van der Waals surface area contributed by atoms with Gasteiger partial charge in [-0.2, -0.15) is 13.2 Å². The summed E-state index contributed by atoms with van der Waals surface area (Å²) < 4.78 is 52.3. The standard InChI is InChI=1S/C17H12F3N3O4/c1-2-23-14-13(15(24)22-16(23)25)9(17(18,19)20)6-10(21-14)8-3-4-11-12(5-8)27-7-26-11/h3-6H,2,7H2,1H3,(H,22,24,25). The molecule has 0 atom stereocenters. The minimum absolute atomic E-state index is 0.0164. The Labute approximate surface area is 149 Å². The number of nitrogens with zero attached hydrogens (tertiary/aromatic N) is 2. The lowest BCUT2D eigenvalue weighted by molar-refractivity contribution is -0.136. The van der Waals surface area contributed by atoms with Crippen LogP contribution in [0.15, 0.2) is 33.9 Å². The molecular formula is C17H12F3N3O4. The fourth-order valence-electron chi connectivity index (χ4n) is 2.99. The topological polar surface area (TPSA) is 86.2 Å². The molecule has 3 heterocycles. The molecule has 27 heavy (non-hydrogen) atoms. The molecule has 0 unspecified atom stereocenters. The highest BCUT2D eigenvalue weighted by molar-refractivity contribution is 5.82. The number of aromatic amines is 1. The van der Waals surface area contributed by atoms with Crippen molar-refractivity contribution in [2.24, 2.45) is 0 Å². The molecule has 0 amide bonds. The summed E-state index contributed by atoms with van der Waals surface area (Å²) in [4.78, 5) is 30.2. The van der Waals surface area contributed by atoms with Crippen LogP contribution in [0.1, 0.15) is 12.5 Å². The summed E-state index contributed by atoms with van der Waals surface area (Å²) in [5, 5.41) is -0.673. The van der Waals surface area contributed by atoms with Gasteiger partial charge in [-0.15, -0.1) is 0 Å². The highest BCUT2D eigenvalue weighted by Crippen LogP contribution is 2.38. The second kappa shape index (κ2) is 5.86. The van der Waals surface area contributed by atoms with Gasteiger partial charge >= 0.3 is 11.9 Å². The van der Waals surface area contributed by atoms with Gasteiger partial charge in [-0.25, -0.2) is 9.78 Å². The third-order valence-corrected chi connectivity index (χ3v) is 4.24.